The third-order valence-electron chi connectivity index (χ3n) is 8.52. The zero-order valence-electron chi connectivity index (χ0n) is 16.9. The van der Waals surface area contributed by atoms with Gasteiger partial charge in [0.15, 0.2) is 0 Å². The molecule has 4 rings (SSSR count). The summed E-state index contributed by atoms with van der Waals surface area (Å²) < 4.78 is 5.05. The van der Waals surface area contributed by atoms with Crippen LogP contribution in [0.2, 0.25) is 19.1 Å². The molecule has 0 N–H and O–H groups in total. The van der Waals surface area contributed by atoms with Crippen molar-refractivity contribution < 1.29 is 13.1 Å². The van der Waals surface area contributed by atoms with Crippen LogP contribution in [0.1, 0.15) is 128 Å². The van der Waals surface area contributed by atoms with Gasteiger partial charge in [-0.25, -0.2) is 0 Å². The monoisotopic (exact) mass is 384 g/mol. The van der Waals surface area contributed by atoms with E-state index in [0.29, 0.717) is 0 Å². The Labute approximate surface area is 160 Å². The van der Waals surface area contributed by atoms with Gasteiger partial charge in [-0.1, -0.05) is 0 Å². The Morgan fingerprint density at radius 3 is 0.680 bits per heavy atom. The molecule has 0 unspecified atom stereocenters. The molecule has 0 aromatic heterocycles. The second-order valence-corrected chi connectivity index (χ2v) is 16.6. The van der Waals surface area contributed by atoms with Crippen LogP contribution in [0.25, 0.3) is 0 Å². The molecule has 0 radical (unpaired) electrons. The molecule has 0 aromatic carbocycles. The number of rotatable bonds is 4. The van der Waals surface area contributed by atoms with E-state index >= 15 is 0 Å². The van der Waals surface area contributed by atoms with Gasteiger partial charge in [0, 0.05) is 0 Å². The maximum atomic E-state index is 1.67. The second kappa shape index (κ2) is 9.15. The average molecular weight is 385 g/mol. The summed E-state index contributed by atoms with van der Waals surface area (Å²) in [6.07, 6.45) is 32.3. The molecule has 0 amide bonds. The zero-order chi connectivity index (χ0) is 17.0. The van der Waals surface area contributed by atoms with Gasteiger partial charge in [0.1, 0.15) is 0 Å². The van der Waals surface area contributed by atoms with E-state index in [2.05, 4.69) is 0 Å². The minimum absolute atomic E-state index is 1.26. The Kier molecular flexibility index (Phi) is 6.91. The fraction of sp³-hybridized carbons (Fsp3) is 1.00. The first-order valence-electron chi connectivity index (χ1n) is 12.2. The van der Waals surface area contributed by atoms with Crippen LogP contribution >= 0.6 is 0 Å². The second-order valence-electron chi connectivity index (χ2n) is 9.86. The Morgan fingerprint density at radius 2 is 0.480 bits per heavy atom. The van der Waals surface area contributed by atoms with Crippen LogP contribution in [0.15, 0.2) is 0 Å². The molecule has 0 heterocycles. The van der Waals surface area contributed by atoms with Crippen molar-refractivity contribution in [1.29, 1.82) is 0 Å². The standard InChI is InChI=1S/4C6H11.Cr/c4*1-2-4-6-5-3-1;/h4*1H,2-6H2;. The van der Waals surface area contributed by atoms with E-state index in [1.807, 2.05) is 0 Å². The van der Waals surface area contributed by atoms with Crippen LogP contribution in [0.5, 0.6) is 0 Å². The molecule has 146 valence electrons. The van der Waals surface area contributed by atoms with Crippen LogP contribution < -0.4 is 0 Å². The topological polar surface area (TPSA) is 0 Å². The Morgan fingerprint density at radius 1 is 0.280 bits per heavy atom. The van der Waals surface area contributed by atoms with E-state index in [1.54, 1.807) is 128 Å². The fourth-order valence-electron chi connectivity index (χ4n) is 7.53. The van der Waals surface area contributed by atoms with Crippen molar-refractivity contribution >= 4 is 0 Å². The molecule has 25 heavy (non-hydrogen) atoms. The number of hydrogen-bond acceptors (Lipinski definition) is 0. The molecule has 0 aromatic rings. The molecule has 0 bridgehead atoms. The van der Waals surface area contributed by atoms with Crippen molar-refractivity contribution in [2.75, 3.05) is 0 Å². The van der Waals surface area contributed by atoms with Gasteiger partial charge in [-0.15, -0.1) is 0 Å². The predicted molar refractivity (Wildman–Crippen MR) is 107 cm³/mol. The summed E-state index contributed by atoms with van der Waals surface area (Å²) in [5.74, 6) is 0. The first-order valence-corrected chi connectivity index (χ1v) is 15.2. The third-order valence-corrected chi connectivity index (χ3v) is 18.7. The van der Waals surface area contributed by atoms with Crippen LogP contribution in [0.3, 0.4) is 0 Å². The van der Waals surface area contributed by atoms with Crippen LogP contribution in [0, 0.1) is 0 Å². The van der Waals surface area contributed by atoms with E-state index in [-0.39, 0.29) is 0 Å². The summed E-state index contributed by atoms with van der Waals surface area (Å²) in [6.45, 7) is 0. The first-order chi connectivity index (χ1) is 12.4. The van der Waals surface area contributed by atoms with Crippen molar-refractivity contribution in [2.24, 2.45) is 0 Å². The van der Waals surface area contributed by atoms with E-state index in [4.69, 9.17) is 0 Å². The average Bonchev–Trinajstić information content (AvgIpc) is 2.72. The van der Waals surface area contributed by atoms with Gasteiger partial charge in [0.05, 0.1) is 0 Å². The molecule has 0 atom stereocenters. The van der Waals surface area contributed by atoms with Gasteiger partial charge < -0.3 is 0 Å². The molecule has 0 aliphatic heterocycles. The van der Waals surface area contributed by atoms with Crippen molar-refractivity contribution in [3.05, 3.63) is 0 Å². The molecular formula is C24H44Cr. The molecular weight excluding hydrogens is 340 g/mol. The van der Waals surface area contributed by atoms with Gasteiger partial charge in [0.2, 0.25) is 0 Å². The van der Waals surface area contributed by atoms with E-state index in [9.17, 15) is 0 Å². The molecule has 4 fully saturated rings. The van der Waals surface area contributed by atoms with Crippen molar-refractivity contribution in [2.45, 2.75) is 148 Å². The van der Waals surface area contributed by atoms with Crippen LogP contribution in [-0.2, 0) is 13.1 Å². The molecule has 0 saturated heterocycles. The SMILES string of the molecule is C1CC[CH]([Cr]([CH]2CCCCC2)([CH]2CCCCC2)[CH]2CCCCC2)CC1. The summed E-state index contributed by atoms with van der Waals surface area (Å²) in [4.78, 5) is 0. The first kappa shape index (κ1) is 18.9. The van der Waals surface area contributed by atoms with E-state index in [0.717, 1.165) is 0 Å². The fourth-order valence-corrected chi connectivity index (χ4v) is 19.8. The van der Waals surface area contributed by atoms with Crippen molar-refractivity contribution in [3.63, 3.8) is 0 Å². The third kappa shape index (κ3) is 3.90. The van der Waals surface area contributed by atoms with Gasteiger partial charge in [-0.3, -0.25) is 0 Å². The van der Waals surface area contributed by atoms with E-state index < -0.39 is 13.1 Å². The van der Waals surface area contributed by atoms with Gasteiger partial charge in [-0.05, 0) is 0 Å². The molecule has 1 heteroatoms. The minimum atomic E-state index is -1.44. The summed E-state index contributed by atoms with van der Waals surface area (Å²) >= 11 is -1.44. The molecule has 4 aliphatic rings. The summed E-state index contributed by atoms with van der Waals surface area (Å²) in [6, 6.07) is 0. The summed E-state index contributed by atoms with van der Waals surface area (Å²) in [5, 5.41) is 0. The van der Waals surface area contributed by atoms with Crippen molar-refractivity contribution in [3.8, 4) is 0 Å². The maximum absolute atomic E-state index is 1.67. The van der Waals surface area contributed by atoms with Gasteiger partial charge in [0.25, 0.3) is 0 Å². The summed E-state index contributed by atoms with van der Waals surface area (Å²) in [5.41, 5.74) is 0. The van der Waals surface area contributed by atoms with Crippen LogP contribution in [-0.4, -0.2) is 0 Å². The zero-order valence-corrected chi connectivity index (χ0v) is 18.1. The van der Waals surface area contributed by atoms with Crippen LogP contribution in [0.4, 0.5) is 0 Å². The molecule has 0 spiro atoms. The Hall–Kier alpha value is 0.532. The molecule has 0 nitrogen and oxygen atoms in total. The summed E-state index contributed by atoms with van der Waals surface area (Å²) in [7, 11) is 0. The van der Waals surface area contributed by atoms with Gasteiger partial charge >= 0.3 is 161 Å². The number of hydrogen-bond donors (Lipinski definition) is 0. The Balaban J connectivity index is 1.70. The van der Waals surface area contributed by atoms with Crippen molar-refractivity contribution in [1.82, 2.24) is 0 Å². The quantitative estimate of drug-likeness (QED) is 0.453. The predicted octanol–water partition coefficient (Wildman–Crippen LogP) is 9.15. The molecule has 4 saturated carbocycles. The Bertz CT molecular complexity index is 301. The molecule has 4 aliphatic carbocycles. The van der Waals surface area contributed by atoms with Gasteiger partial charge in [-0.2, -0.15) is 0 Å². The normalized spacial score (nSPS) is 30.4. The van der Waals surface area contributed by atoms with E-state index in [1.165, 1.54) is 19.1 Å².